The number of nitrogens with one attached hydrogen (secondary N) is 2. The number of amides is 3. The molecule has 1 saturated heterocycles. The molecule has 0 aromatic heterocycles. The van der Waals surface area contributed by atoms with Crippen LogP contribution in [0.4, 0.5) is 24.5 Å². The topological polar surface area (TPSA) is 149 Å². The number of aliphatic hydroxyl groups is 1. The number of carbonyl (C=O) groups is 3. The van der Waals surface area contributed by atoms with Crippen molar-refractivity contribution in [3.8, 4) is 0 Å². The van der Waals surface area contributed by atoms with Crippen LogP contribution in [-0.2, 0) is 20.9 Å². The Hall–Kier alpha value is -3.68. The van der Waals surface area contributed by atoms with Crippen molar-refractivity contribution in [1.82, 2.24) is 4.90 Å². The van der Waals surface area contributed by atoms with Gasteiger partial charge in [0.15, 0.2) is 12.2 Å². The number of morpholine rings is 1. The highest BCUT2D eigenvalue weighted by atomic mass is 35.5. The molecule has 2 aromatic carbocycles. The molecule has 0 aliphatic carbocycles. The lowest BCUT2D eigenvalue weighted by molar-refractivity contribution is -0.150. The summed E-state index contributed by atoms with van der Waals surface area (Å²) in [7, 11) is 0. The van der Waals surface area contributed by atoms with Crippen LogP contribution in [0.1, 0.15) is 21.5 Å². The Morgan fingerprint density at radius 3 is 2.51 bits per heavy atom. The molecule has 14 heteroatoms. The van der Waals surface area contributed by atoms with Gasteiger partial charge in [-0.25, -0.2) is 0 Å². The van der Waals surface area contributed by atoms with Gasteiger partial charge in [-0.2, -0.15) is 13.2 Å². The number of alkyl halides is 3. The highest BCUT2D eigenvalue weighted by molar-refractivity contribution is 6.05. The Balaban J connectivity index is 0.00000380. The third kappa shape index (κ3) is 6.01. The van der Waals surface area contributed by atoms with Gasteiger partial charge >= 0.3 is 6.18 Å². The van der Waals surface area contributed by atoms with E-state index in [2.05, 4.69) is 5.32 Å². The first-order valence-corrected chi connectivity index (χ1v) is 10.8. The van der Waals surface area contributed by atoms with Crippen molar-refractivity contribution in [2.24, 2.45) is 5.73 Å². The molecule has 2 aromatic rings. The van der Waals surface area contributed by atoms with Crippen LogP contribution >= 0.6 is 12.4 Å². The fourth-order valence-corrected chi connectivity index (χ4v) is 4.04. The summed E-state index contributed by atoms with van der Waals surface area (Å²) < 4.78 is 43.6. The molecule has 0 spiro atoms. The first-order chi connectivity index (χ1) is 16.9. The highest BCUT2D eigenvalue weighted by Crippen LogP contribution is 2.31. The molecule has 37 heavy (non-hydrogen) atoms. The Kier molecular flexibility index (Phi) is 8.10. The van der Waals surface area contributed by atoms with E-state index in [-0.39, 0.29) is 49.2 Å². The Morgan fingerprint density at radius 1 is 1.22 bits per heavy atom. The number of nitrogens with zero attached hydrogens (tertiary/aromatic N) is 2. The van der Waals surface area contributed by atoms with E-state index in [1.807, 2.05) is 0 Å². The average Bonchev–Trinajstić information content (AvgIpc) is 3.12. The van der Waals surface area contributed by atoms with Gasteiger partial charge in [-0.3, -0.25) is 19.8 Å². The largest absolute Gasteiger partial charge is 0.406 e. The van der Waals surface area contributed by atoms with Gasteiger partial charge in [0.05, 0.1) is 6.61 Å². The summed E-state index contributed by atoms with van der Waals surface area (Å²) in [6.45, 7) is -1.55. The average molecular weight is 542 g/mol. The summed E-state index contributed by atoms with van der Waals surface area (Å²) in [5, 5.41) is 20.3. The zero-order valence-corrected chi connectivity index (χ0v) is 19.9. The van der Waals surface area contributed by atoms with E-state index in [1.54, 1.807) is 0 Å². The molecule has 2 aliphatic heterocycles. The minimum absolute atomic E-state index is 0. The maximum absolute atomic E-state index is 13.1. The van der Waals surface area contributed by atoms with Gasteiger partial charge in [0.25, 0.3) is 17.7 Å². The number of anilines is 2. The number of amidine groups is 1. The molecule has 2 heterocycles. The smallest absolute Gasteiger partial charge is 0.384 e. The van der Waals surface area contributed by atoms with Gasteiger partial charge in [-0.05, 0) is 42.0 Å². The predicted molar refractivity (Wildman–Crippen MR) is 129 cm³/mol. The molecule has 0 bridgehead atoms. The molecule has 1 unspecified atom stereocenters. The van der Waals surface area contributed by atoms with E-state index in [1.165, 1.54) is 47.4 Å². The molecule has 1 fully saturated rings. The van der Waals surface area contributed by atoms with Crippen LogP contribution in [0.3, 0.4) is 0 Å². The van der Waals surface area contributed by atoms with Crippen LogP contribution in [-0.4, -0.2) is 71.6 Å². The second kappa shape index (κ2) is 10.7. The summed E-state index contributed by atoms with van der Waals surface area (Å²) in [6.07, 6.45) is -7.95. The number of aliphatic hydroxyl groups excluding tert-OH is 1. The first kappa shape index (κ1) is 27.9. The Morgan fingerprint density at radius 2 is 1.89 bits per heavy atom. The molecule has 10 nitrogen and oxygen atoms in total. The monoisotopic (exact) mass is 541 g/mol. The Labute approximate surface area is 215 Å². The summed E-state index contributed by atoms with van der Waals surface area (Å²) in [6, 6.07) is 10.2. The van der Waals surface area contributed by atoms with Crippen molar-refractivity contribution < 1.29 is 37.4 Å². The SMILES string of the molecule is Cl.N=C(N)c1ccc(NC(=O)C(O)[C@H]2OCCN(c3ccc4c(c3)C(=O)N(CC(F)(F)F)C4)C2=O)cc1. The lowest BCUT2D eigenvalue weighted by atomic mass is 10.1. The molecule has 3 amide bonds. The summed E-state index contributed by atoms with van der Waals surface area (Å²) in [4.78, 5) is 40.0. The van der Waals surface area contributed by atoms with Crippen LogP contribution in [0.15, 0.2) is 42.5 Å². The van der Waals surface area contributed by atoms with Gasteiger partial charge in [-0.15, -0.1) is 12.4 Å². The minimum atomic E-state index is -4.54. The number of benzene rings is 2. The maximum Gasteiger partial charge on any atom is 0.406 e. The van der Waals surface area contributed by atoms with Gasteiger partial charge in [0.1, 0.15) is 12.4 Å². The molecule has 198 valence electrons. The lowest BCUT2D eigenvalue weighted by Crippen LogP contribution is -2.55. The van der Waals surface area contributed by atoms with E-state index in [9.17, 15) is 32.7 Å². The van der Waals surface area contributed by atoms with Crippen molar-refractivity contribution >= 4 is 47.3 Å². The molecule has 5 N–H and O–H groups in total. The predicted octanol–water partition coefficient (Wildman–Crippen LogP) is 1.64. The molecule has 4 rings (SSSR count). The molecular formula is C23H23ClF3N5O5. The molecule has 0 radical (unpaired) electrons. The second-order valence-corrected chi connectivity index (χ2v) is 8.32. The van der Waals surface area contributed by atoms with Crippen molar-refractivity contribution in [3.05, 3.63) is 59.2 Å². The fraction of sp³-hybridized carbons (Fsp3) is 0.304. The number of nitrogens with two attached hydrogens (primary N) is 1. The van der Waals surface area contributed by atoms with Gasteiger partial charge < -0.3 is 30.7 Å². The number of rotatable bonds is 6. The van der Waals surface area contributed by atoms with Crippen LogP contribution in [0, 0.1) is 5.41 Å². The quantitative estimate of drug-likeness (QED) is 0.323. The first-order valence-electron chi connectivity index (χ1n) is 10.8. The Bertz CT molecular complexity index is 1220. The third-order valence-electron chi connectivity index (χ3n) is 5.79. The van der Waals surface area contributed by atoms with Crippen molar-refractivity contribution in [3.63, 3.8) is 0 Å². The zero-order valence-electron chi connectivity index (χ0n) is 19.1. The third-order valence-corrected chi connectivity index (χ3v) is 5.79. The molecule has 0 saturated carbocycles. The number of fused-ring (bicyclic) bond motifs is 1. The van der Waals surface area contributed by atoms with Crippen LogP contribution in [0.25, 0.3) is 0 Å². The van der Waals surface area contributed by atoms with Gasteiger partial charge in [0, 0.05) is 35.6 Å². The number of hydrogen-bond acceptors (Lipinski definition) is 6. The zero-order chi connectivity index (χ0) is 26.2. The molecule has 2 aliphatic rings. The lowest BCUT2D eigenvalue weighted by Gasteiger charge is -2.34. The van der Waals surface area contributed by atoms with Crippen LogP contribution in [0.2, 0.25) is 0 Å². The second-order valence-electron chi connectivity index (χ2n) is 8.32. The van der Waals surface area contributed by atoms with Crippen LogP contribution in [0.5, 0.6) is 0 Å². The van der Waals surface area contributed by atoms with E-state index in [4.69, 9.17) is 15.9 Å². The van der Waals surface area contributed by atoms with E-state index < -0.39 is 42.7 Å². The highest BCUT2D eigenvalue weighted by Gasteiger charge is 2.41. The number of nitrogen functional groups attached to an aromatic ring is 1. The van der Waals surface area contributed by atoms with E-state index in [0.29, 0.717) is 21.7 Å². The summed E-state index contributed by atoms with van der Waals surface area (Å²) >= 11 is 0. The van der Waals surface area contributed by atoms with Crippen LogP contribution < -0.4 is 16.0 Å². The number of hydrogen-bond donors (Lipinski definition) is 4. The maximum atomic E-state index is 13.1. The number of ether oxygens (including phenoxy) is 1. The summed E-state index contributed by atoms with van der Waals surface area (Å²) in [5.41, 5.74) is 6.81. The fourth-order valence-electron chi connectivity index (χ4n) is 4.04. The number of halogens is 4. The summed E-state index contributed by atoms with van der Waals surface area (Å²) in [5.74, 6) is -2.60. The van der Waals surface area contributed by atoms with Crippen molar-refractivity contribution in [2.75, 3.05) is 29.9 Å². The van der Waals surface area contributed by atoms with E-state index >= 15 is 0 Å². The van der Waals surface area contributed by atoms with Crippen molar-refractivity contribution in [2.45, 2.75) is 24.9 Å². The van der Waals surface area contributed by atoms with Gasteiger partial charge in [-0.1, -0.05) is 6.07 Å². The van der Waals surface area contributed by atoms with E-state index in [0.717, 1.165) is 0 Å². The molecular weight excluding hydrogens is 519 g/mol. The normalized spacial score (nSPS) is 18.2. The molecule has 2 atom stereocenters. The number of carbonyl (C=O) groups excluding carboxylic acids is 3. The van der Waals surface area contributed by atoms with Gasteiger partial charge in [0.2, 0.25) is 0 Å². The standard InChI is InChI=1S/C23H22F3N5O5.ClH/c24-23(25,26)11-30-10-13-3-6-15(9-16(13)21(30)34)31-7-8-36-18(22(31)35)17(32)20(33)29-14-4-1-12(2-5-14)19(27)28;/h1-6,9,17-18,32H,7-8,10-11H2,(H3,27,28)(H,29,33);1H/t17?,18-;/m1./s1. The minimum Gasteiger partial charge on any atom is -0.384 e. The van der Waals surface area contributed by atoms with Crippen molar-refractivity contribution in [1.29, 1.82) is 5.41 Å².